The standard InChI is InChI=1S/C13H13BrO3S/c1-2-16-13(14)8-4-3-7-11(13)17-12(15)10-6-5-9-18-10/h3-9,11H,2H2,1H3. The fraction of sp³-hybridized carbons (Fsp3) is 0.308. The number of esters is 1. The van der Waals surface area contributed by atoms with E-state index in [9.17, 15) is 4.79 Å². The van der Waals surface area contributed by atoms with Crippen molar-refractivity contribution in [2.75, 3.05) is 6.61 Å². The summed E-state index contributed by atoms with van der Waals surface area (Å²) in [5.74, 6) is -0.335. The van der Waals surface area contributed by atoms with Crippen molar-refractivity contribution in [3.05, 3.63) is 46.7 Å². The van der Waals surface area contributed by atoms with Gasteiger partial charge in [0.15, 0.2) is 10.6 Å². The van der Waals surface area contributed by atoms with Crippen LogP contribution in [-0.4, -0.2) is 23.2 Å². The second kappa shape index (κ2) is 5.82. The molecule has 18 heavy (non-hydrogen) atoms. The molecule has 0 aliphatic heterocycles. The summed E-state index contributed by atoms with van der Waals surface area (Å²) in [4.78, 5) is 12.5. The van der Waals surface area contributed by atoms with Crippen LogP contribution in [0.15, 0.2) is 41.8 Å². The SMILES string of the molecule is CCOC1(Br)C=CC=CC1OC(=O)c1cccs1. The van der Waals surface area contributed by atoms with E-state index in [0.717, 1.165) is 0 Å². The van der Waals surface area contributed by atoms with Crippen LogP contribution in [0, 0.1) is 0 Å². The van der Waals surface area contributed by atoms with Gasteiger partial charge in [0.1, 0.15) is 4.88 Å². The van der Waals surface area contributed by atoms with E-state index >= 15 is 0 Å². The van der Waals surface area contributed by atoms with Crippen LogP contribution < -0.4 is 0 Å². The van der Waals surface area contributed by atoms with E-state index in [1.54, 1.807) is 12.1 Å². The Labute approximate surface area is 118 Å². The van der Waals surface area contributed by atoms with E-state index in [4.69, 9.17) is 9.47 Å². The second-order valence-electron chi connectivity index (χ2n) is 3.68. The first-order valence-electron chi connectivity index (χ1n) is 5.59. The molecular weight excluding hydrogens is 316 g/mol. The molecule has 5 heteroatoms. The van der Waals surface area contributed by atoms with Gasteiger partial charge < -0.3 is 9.47 Å². The molecule has 96 valence electrons. The van der Waals surface area contributed by atoms with Crippen LogP contribution in [-0.2, 0) is 9.47 Å². The number of thiophene rings is 1. The first kappa shape index (κ1) is 13.5. The molecule has 0 saturated heterocycles. The van der Waals surface area contributed by atoms with Crippen molar-refractivity contribution in [1.82, 2.24) is 0 Å². The van der Waals surface area contributed by atoms with Gasteiger partial charge in [-0.2, -0.15) is 0 Å². The lowest BCUT2D eigenvalue weighted by atomic mass is 10.1. The monoisotopic (exact) mass is 328 g/mol. The number of ether oxygens (including phenoxy) is 2. The minimum absolute atomic E-state index is 0.335. The fourth-order valence-corrected chi connectivity index (χ4v) is 2.85. The number of allylic oxidation sites excluding steroid dienone is 2. The number of rotatable bonds is 4. The highest BCUT2D eigenvalue weighted by Gasteiger charge is 2.37. The molecule has 3 nitrogen and oxygen atoms in total. The van der Waals surface area contributed by atoms with Gasteiger partial charge in [0, 0.05) is 6.61 Å². The molecule has 1 aromatic heterocycles. The predicted octanol–water partition coefficient (Wildman–Crippen LogP) is 3.53. The van der Waals surface area contributed by atoms with Gasteiger partial charge in [0.2, 0.25) is 0 Å². The number of hydrogen-bond acceptors (Lipinski definition) is 4. The second-order valence-corrected chi connectivity index (χ2v) is 5.87. The van der Waals surface area contributed by atoms with Crippen LogP contribution in [0.4, 0.5) is 0 Å². The quantitative estimate of drug-likeness (QED) is 0.626. The maximum Gasteiger partial charge on any atom is 0.349 e. The van der Waals surface area contributed by atoms with E-state index < -0.39 is 10.6 Å². The molecule has 0 spiro atoms. The molecular formula is C13H13BrO3S. The van der Waals surface area contributed by atoms with Gasteiger partial charge >= 0.3 is 5.97 Å². The summed E-state index contributed by atoms with van der Waals surface area (Å²) in [7, 11) is 0. The van der Waals surface area contributed by atoms with Crippen molar-refractivity contribution >= 4 is 33.2 Å². The summed E-state index contributed by atoms with van der Waals surface area (Å²) in [6.45, 7) is 2.42. The third-order valence-corrected chi connectivity index (χ3v) is 4.22. The summed E-state index contributed by atoms with van der Waals surface area (Å²) >= 11 is 4.84. The molecule has 1 heterocycles. The zero-order valence-corrected chi connectivity index (χ0v) is 12.2. The van der Waals surface area contributed by atoms with Gasteiger partial charge in [-0.25, -0.2) is 4.79 Å². The summed E-state index contributed by atoms with van der Waals surface area (Å²) in [6.07, 6.45) is 6.86. The van der Waals surface area contributed by atoms with Gasteiger partial charge in [0.05, 0.1) is 0 Å². The Hall–Kier alpha value is -0.910. The Balaban J connectivity index is 2.10. The van der Waals surface area contributed by atoms with Crippen LogP contribution >= 0.6 is 27.3 Å². The minimum atomic E-state index is -0.774. The van der Waals surface area contributed by atoms with E-state index in [0.29, 0.717) is 11.5 Å². The molecule has 0 aromatic carbocycles. The largest absolute Gasteiger partial charge is 0.450 e. The van der Waals surface area contributed by atoms with Crippen molar-refractivity contribution in [2.45, 2.75) is 17.5 Å². The fourth-order valence-electron chi connectivity index (χ4n) is 1.62. The topological polar surface area (TPSA) is 35.5 Å². The first-order chi connectivity index (χ1) is 8.65. The Kier molecular flexibility index (Phi) is 4.37. The third kappa shape index (κ3) is 2.91. The maximum absolute atomic E-state index is 11.9. The minimum Gasteiger partial charge on any atom is -0.450 e. The lowest BCUT2D eigenvalue weighted by Gasteiger charge is -2.32. The van der Waals surface area contributed by atoms with Crippen molar-refractivity contribution in [3.63, 3.8) is 0 Å². The third-order valence-electron chi connectivity index (χ3n) is 2.43. The van der Waals surface area contributed by atoms with Crippen LogP contribution in [0.3, 0.4) is 0 Å². The molecule has 0 bridgehead atoms. The van der Waals surface area contributed by atoms with E-state index in [-0.39, 0.29) is 5.97 Å². The normalized spacial score (nSPS) is 26.2. The van der Waals surface area contributed by atoms with Gasteiger partial charge in [-0.15, -0.1) is 11.3 Å². The number of carbonyl (C=O) groups is 1. The Bertz CT molecular complexity index is 467. The number of halogens is 1. The molecule has 1 aliphatic carbocycles. The molecule has 1 aliphatic rings. The maximum atomic E-state index is 11.9. The lowest BCUT2D eigenvalue weighted by Crippen LogP contribution is -2.40. The lowest BCUT2D eigenvalue weighted by molar-refractivity contribution is -0.0256. The summed E-state index contributed by atoms with van der Waals surface area (Å²) in [5.41, 5.74) is 0. The van der Waals surface area contributed by atoms with Crippen LogP contribution in [0.25, 0.3) is 0 Å². The molecule has 2 rings (SSSR count). The zero-order chi connectivity index (χ0) is 13.0. The molecule has 2 unspecified atom stereocenters. The smallest absolute Gasteiger partial charge is 0.349 e. The number of hydrogen-bond donors (Lipinski definition) is 0. The molecule has 0 amide bonds. The van der Waals surface area contributed by atoms with E-state index in [1.807, 2.05) is 36.6 Å². The highest BCUT2D eigenvalue weighted by atomic mass is 79.9. The Morgan fingerprint density at radius 1 is 1.56 bits per heavy atom. The molecule has 0 fully saturated rings. The Morgan fingerprint density at radius 3 is 3.06 bits per heavy atom. The van der Waals surface area contributed by atoms with E-state index in [1.165, 1.54) is 11.3 Å². The molecule has 1 aromatic rings. The van der Waals surface area contributed by atoms with Crippen molar-refractivity contribution < 1.29 is 14.3 Å². The van der Waals surface area contributed by atoms with Gasteiger partial charge in [-0.3, -0.25) is 0 Å². The van der Waals surface area contributed by atoms with Gasteiger partial charge in [-0.05, 0) is 46.5 Å². The van der Waals surface area contributed by atoms with Gasteiger partial charge in [0.25, 0.3) is 0 Å². The average molecular weight is 329 g/mol. The highest BCUT2D eigenvalue weighted by Crippen LogP contribution is 2.32. The number of carbonyl (C=O) groups excluding carboxylic acids is 1. The molecule has 0 radical (unpaired) electrons. The van der Waals surface area contributed by atoms with Gasteiger partial charge in [-0.1, -0.05) is 18.2 Å². The van der Waals surface area contributed by atoms with Crippen LogP contribution in [0.1, 0.15) is 16.6 Å². The van der Waals surface area contributed by atoms with Crippen LogP contribution in [0.5, 0.6) is 0 Å². The van der Waals surface area contributed by atoms with Crippen LogP contribution in [0.2, 0.25) is 0 Å². The average Bonchev–Trinajstić information content (AvgIpc) is 2.86. The number of alkyl halides is 1. The summed E-state index contributed by atoms with van der Waals surface area (Å²) < 4.78 is 10.3. The zero-order valence-electron chi connectivity index (χ0n) is 9.84. The Morgan fingerprint density at radius 2 is 2.39 bits per heavy atom. The van der Waals surface area contributed by atoms with Crippen molar-refractivity contribution in [2.24, 2.45) is 0 Å². The molecule has 0 saturated carbocycles. The van der Waals surface area contributed by atoms with Crippen molar-refractivity contribution in [3.8, 4) is 0 Å². The van der Waals surface area contributed by atoms with Crippen molar-refractivity contribution in [1.29, 1.82) is 0 Å². The highest BCUT2D eigenvalue weighted by molar-refractivity contribution is 9.10. The summed E-state index contributed by atoms with van der Waals surface area (Å²) in [6, 6.07) is 3.56. The summed E-state index contributed by atoms with van der Waals surface area (Å²) in [5, 5.41) is 1.84. The predicted molar refractivity (Wildman–Crippen MR) is 75.1 cm³/mol. The molecule has 0 N–H and O–H groups in total. The first-order valence-corrected chi connectivity index (χ1v) is 7.26. The van der Waals surface area contributed by atoms with E-state index in [2.05, 4.69) is 15.9 Å². The molecule has 2 atom stereocenters.